The van der Waals surface area contributed by atoms with Gasteiger partial charge in [-0.05, 0) is 66.7 Å². The normalized spacial score (nSPS) is 27.1. The summed E-state index contributed by atoms with van der Waals surface area (Å²) in [5.74, 6) is 0. The summed E-state index contributed by atoms with van der Waals surface area (Å²) in [6.45, 7) is 13.4. The van der Waals surface area contributed by atoms with Gasteiger partial charge < -0.3 is 0 Å². The predicted molar refractivity (Wildman–Crippen MR) is 124 cm³/mol. The molecule has 0 radical (unpaired) electrons. The molecule has 152 valence electrons. The van der Waals surface area contributed by atoms with Gasteiger partial charge in [-0.1, -0.05) is 52.7 Å². The molecule has 0 saturated heterocycles. The predicted octanol–water partition coefficient (Wildman–Crippen LogP) is 8.05. The van der Waals surface area contributed by atoms with Crippen LogP contribution in [0, 0.1) is 22.7 Å². The van der Waals surface area contributed by atoms with Gasteiger partial charge in [-0.15, -0.1) is 23.5 Å². The molecule has 0 aromatic rings. The monoisotopic (exact) mass is 414 g/mol. The van der Waals surface area contributed by atoms with Crippen LogP contribution in [0.5, 0.6) is 0 Å². The lowest BCUT2D eigenvalue weighted by molar-refractivity contribution is 0.533. The SMILES string of the molecule is CCC1=C(CC)SC(CC)(C(=C(C#N)C#N)C2(CC)CC(CC)=C(CC)S2)C1. The van der Waals surface area contributed by atoms with E-state index in [1.807, 2.05) is 23.5 Å². The highest BCUT2D eigenvalue weighted by molar-refractivity contribution is 8.06. The average Bonchev–Trinajstić information content (AvgIpc) is 3.30. The zero-order valence-electron chi connectivity index (χ0n) is 18.4. The van der Waals surface area contributed by atoms with Crippen LogP contribution in [0.3, 0.4) is 0 Å². The van der Waals surface area contributed by atoms with Gasteiger partial charge in [0.25, 0.3) is 0 Å². The Kier molecular flexibility index (Phi) is 7.95. The van der Waals surface area contributed by atoms with Gasteiger partial charge in [0, 0.05) is 9.49 Å². The van der Waals surface area contributed by atoms with E-state index in [9.17, 15) is 10.5 Å². The van der Waals surface area contributed by atoms with Gasteiger partial charge in [0.15, 0.2) is 0 Å². The van der Waals surface area contributed by atoms with Crippen molar-refractivity contribution in [2.24, 2.45) is 0 Å². The molecule has 2 rings (SSSR count). The zero-order chi connectivity index (χ0) is 20.9. The maximum Gasteiger partial charge on any atom is 0.131 e. The molecule has 2 heterocycles. The molecule has 2 nitrogen and oxygen atoms in total. The summed E-state index contributed by atoms with van der Waals surface area (Å²) < 4.78 is -0.301. The van der Waals surface area contributed by atoms with Gasteiger partial charge in [-0.25, -0.2) is 0 Å². The second-order valence-corrected chi connectivity index (χ2v) is 10.7. The molecule has 2 aliphatic heterocycles. The first-order valence-electron chi connectivity index (χ1n) is 10.8. The minimum atomic E-state index is -0.150. The maximum atomic E-state index is 9.95. The van der Waals surface area contributed by atoms with Gasteiger partial charge in [0.05, 0.1) is 0 Å². The molecule has 0 saturated carbocycles. The topological polar surface area (TPSA) is 47.6 Å². The first kappa shape index (κ1) is 23.2. The fourth-order valence-electron chi connectivity index (χ4n) is 4.90. The van der Waals surface area contributed by atoms with Crippen LogP contribution in [-0.4, -0.2) is 9.49 Å². The average molecular weight is 415 g/mol. The molecule has 2 unspecified atom stereocenters. The number of hydrogen-bond donors (Lipinski definition) is 0. The second kappa shape index (κ2) is 9.60. The summed E-state index contributed by atoms with van der Waals surface area (Å²) in [5, 5.41) is 19.9. The van der Waals surface area contributed by atoms with Crippen molar-refractivity contribution in [1.82, 2.24) is 0 Å². The van der Waals surface area contributed by atoms with Crippen LogP contribution in [-0.2, 0) is 0 Å². The fourth-order valence-corrected chi connectivity index (χ4v) is 8.50. The molecular formula is C24H34N2S2. The van der Waals surface area contributed by atoms with Crippen LogP contribution in [0.2, 0.25) is 0 Å². The Morgan fingerprint density at radius 2 is 1.14 bits per heavy atom. The Hall–Kier alpha value is -1.10. The summed E-state index contributed by atoms with van der Waals surface area (Å²) in [7, 11) is 0. The molecule has 2 aliphatic rings. The van der Waals surface area contributed by atoms with Crippen LogP contribution in [0.15, 0.2) is 32.1 Å². The lowest BCUT2D eigenvalue weighted by atomic mass is 9.74. The van der Waals surface area contributed by atoms with Crippen molar-refractivity contribution in [2.45, 2.75) is 102 Å². The number of hydrogen-bond acceptors (Lipinski definition) is 4. The summed E-state index contributed by atoms with van der Waals surface area (Å²) in [6, 6.07) is 4.62. The van der Waals surface area contributed by atoms with Crippen molar-refractivity contribution < 1.29 is 0 Å². The molecule has 2 atom stereocenters. The highest BCUT2D eigenvalue weighted by Gasteiger charge is 2.52. The van der Waals surface area contributed by atoms with Crippen molar-refractivity contribution in [3.8, 4) is 12.1 Å². The van der Waals surface area contributed by atoms with E-state index in [4.69, 9.17) is 0 Å². The second-order valence-electron chi connectivity index (χ2n) is 7.69. The van der Waals surface area contributed by atoms with E-state index in [1.54, 1.807) is 0 Å². The van der Waals surface area contributed by atoms with Gasteiger partial charge in [0.1, 0.15) is 17.7 Å². The van der Waals surface area contributed by atoms with Gasteiger partial charge in [0.2, 0.25) is 0 Å². The number of rotatable bonds is 8. The minimum Gasteiger partial charge on any atom is -0.192 e. The van der Waals surface area contributed by atoms with Crippen LogP contribution >= 0.6 is 23.5 Å². The number of nitriles is 2. The standard InChI is InChI=1S/C24H34N2S2/c1-7-17-13-23(11-5,27-20(17)9-3)22(19(15-25)16-26)24(12-6)14-18(8-2)21(10-4)28-24/h7-14H2,1-6H3. The van der Waals surface area contributed by atoms with Gasteiger partial charge in [-0.2, -0.15) is 10.5 Å². The third-order valence-corrected chi connectivity index (χ3v) is 10.1. The summed E-state index contributed by atoms with van der Waals surface area (Å²) in [5.41, 5.74) is 4.55. The molecular weight excluding hydrogens is 380 g/mol. The molecule has 0 aromatic carbocycles. The number of thioether (sulfide) groups is 2. The van der Waals surface area contributed by atoms with Crippen molar-refractivity contribution in [3.05, 3.63) is 32.1 Å². The summed E-state index contributed by atoms with van der Waals surface area (Å²) in [4.78, 5) is 2.96. The van der Waals surface area contributed by atoms with Gasteiger partial charge in [-0.3, -0.25) is 0 Å². The third-order valence-electron chi connectivity index (χ3n) is 6.45. The Bertz CT molecular complexity index is 690. The van der Waals surface area contributed by atoms with E-state index in [0.717, 1.165) is 56.9 Å². The number of allylic oxidation sites excluding steroid dienone is 5. The summed E-state index contributed by atoms with van der Waals surface area (Å²) in [6.07, 6.45) is 8.10. The number of nitrogens with zero attached hydrogens (tertiary/aromatic N) is 2. The Balaban J connectivity index is 2.68. The largest absolute Gasteiger partial charge is 0.192 e. The molecule has 0 bridgehead atoms. The quantitative estimate of drug-likeness (QED) is 0.377. The van der Waals surface area contributed by atoms with Crippen LogP contribution in [0.25, 0.3) is 0 Å². The molecule has 4 heteroatoms. The van der Waals surface area contributed by atoms with E-state index in [-0.39, 0.29) is 9.49 Å². The minimum absolute atomic E-state index is 0.150. The third kappa shape index (κ3) is 3.83. The molecule has 0 aliphatic carbocycles. The van der Waals surface area contributed by atoms with Crippen molar-refractivity contribution >= 4 is 23.5 Å². The molecule has 0 aromatic heterocycles. The van der Waals surface area contributed by atoms with E-state index >= 15 is 0 Å². The fraction of sp³-hybridized carbons (Fsp3) is 0.667. The zero-order valence-corrected chi connectivity index (χ0v) is 20.0. The van der Waals surface area contributed by atoms with Crippen molar-refractivity contribution in [1.29, 1.82) is 10.5 Å². The van der Waals surface area contributed by atoms with Crippen LogP contribution < -0.4 is 0 Å². The van der Waals surface area contributed by atoms with Gasteiger partial charge >= 0.3 is 0 Å². The highest BCUT2D eigenvalue weighted by atomic mass is 32.2. The smallest absolute Gasteiger partial charge is 0.131 e. The Morgan fingerprint density at radius 3 is 1.36 bits per heavy atom. The Labute approximate surface area is 180 Å². The highest BCUT2D eigenvalue weighted by Crippen LogP contribution is 2.64. The van der Waals surface area contributed by atoms with E-state index < -0.39 is 0 Å². The Morgan fingerprint density at radius 1 is 0.750 bits per heavy atom. The van der Waals surface area contributed by atoms with E-state index in [2.05, 4.69) is 53.7 Å². The molecule has 0 spiro atoms. The van der Waals surface area contributed by atoms with Crippen LogP contribution in [0.1, 0.15) is 92.9 Å². The van der Waals surface area contributed by atoms with Crippen molar-refractivity contribution in [3.63, 3.8) is 0 Å². The molecule has 0 fully saturated rings. The summed E-state index contributed by atoms with van der Waals surface area (Å²) >= 11 is 3.93. The first-order valence-corrected chi connectivity index (χ1v) is 12.4. The van der Waals surface area contributed by atoms with Crippen LogP contribution in [0.4, 0.5) is 0 Å². The van der Waals surface area contributed by atoms with E-state index in [0.29, 0.717) is 5.57 Å². The maximum absolute atomic E-state index is 9.95. The lowest BCUT2D eigenvalue weighted by Gasteiger charge is -2.42. The molecule has 0 amide bonds. The lowest BCUT2D eigenvalue weighted by Crippen LogP contribution is -2.39. The van der Waals surface area contributed by atoms with Crippen molar-refractivity contribution in [2.75, 3.05) is 0 Å². The van der Waals surface area contributed by atoms with E-state index in [1.165, 1.54) is 21.0 Å². The molecule has 0 N–H and O–H groups in total. The first-order chi connectivity index (χ1) is 13.4. The molecule has 28 heavy (non-hydrogen) atoms.